The number of nitrogens with zero attached hydrogens (tertiary/aromatic N) is 1. The van der Waals surface area contributed by atoms with Crippen molar-refractivity contribution in [1.82, 2.24) is 10.2 Å². The Balaban J connectivity index is 2.54. The average molecular weight is 541 g/mol. The molecule has 2 rings (SSSR count). The normalized spacial score (nSPS) is 12.7. The third kappa shape index (κ3) is 8.73. The quantitative estimate of drug-likeness (QED) is 0.358. The van der Waals surface area contributed by atoms with Gasteiger partial charge >= 0.3 is 6.09 Å². The van der Waals surface area contributed by atoms with E-state index in [1.807, 2.05) is 32.0 Å². The lowest BCUT2D eigenvalue weighted by Crippen LogP contribution is -2.52. The Labute approximate surface area is 229 Å². The van der Waals surface area contributed by atoms with Crippen LogP contribution in [0, 0.1) is 20.8 Å². The minimum Gasteiger partial charge on any atom is -0.508 e. The van der Waals surface area contributed by atoms with Crippen LogP contribution in [0.4, 0.5) is 10.5 Å². The minimum atomic E-state index is -1.18. The van der Waals surface area contributed by atoms with Crippen molar-refractivity contribution in [1.29, 1.82) is 0 Å². The summed E-state index contributed by atoms with van der Waals surface area (Å²) in [6, 6.07) is 8.01. The van der Waals surface area contributed by atoms with Gasteiger partial charge in [-0.05, 0) is 89.3 Å². The largest absolute Gasteiger partial charge is 0.508 e. The number of anilines is 1. The zero-order valence-electron chi connectivity index (χ0n) is 23.8. The number of hydrogen-bond donors (Lipinski definition) is 4. The maximum absolute atomic E-state index is 13.9. The summed E-state index contributed by atoms with van der Waals surface area (Å²) < 4.78 is 5.32. The number of likely N-dealkylation sites (N-methyl/N-ethyl adjacent to an activating group) is 1. The second-order valence-corrected chi connectivity index (χ2v) is 10.5. The summed E-state index contributed by atoms with van der Waals surface area (Å²) in [5.74, 6) is -1.65. The second-order valence-electron chi connectivity index (χ2n) is 10.5. The topological polar surface area (TPSA) is 151 Å². The third-order valence-corrected chi connectivity index (χ3v) is 6.12. The van der Waals surface area contributed by atoms with E-state index in [1.165, 1.54) is 11.0 Å². The van der Waals surface area contributed by atoms with E-state index in [0.29, 0.717) is 16.8 Å². The molecule has 212 valence electrons. The van der Waals surface area contributed by atoms with Gasteiger partial charge in [0.15, 0.2) is 0 Å². The van der Waals surface area contributed by atoms with Crippen LogP contribution in [0.2, 0.25) is 0 Å². The van der Waals surface area contributed by atoms with Gasteiger partial charge in [-0.1, -0.05) is 24.3 Å². The molecular formula is C29H40N4O6. The molecule has 10 heteroatoms. The fourth-order valence-electron chi connectivity index (χ4n) is 4.18. The van der Waals surface area contributed by atoms with E-state index < -0.39 is 41.5 Å². The Bertz CT molecular complexity index is 1200. The number of primary amides is 1. The van der Waals surface area contributed by atoms with Gasteiger partial charge in [-0.3, -0.25) is 14.4 Å². The molecule has 10 nitrogen and oxygen atoms in total. The summed E-state index contributed by atoms with van der Waals surface area (Å²) in [6.45, 7) is 12.3. The van der Waals surface area contributed by atoms with E-state index in [9.17, 15) is 24.3 Å². The number of benzene rings is 2. The summed E-state index contributed by atoms with van der Waals surface area (Å²) in [5, 5.41) is 15.6. The summed E-state index contributed by atoms with van der Waals surface area (Å²) >= 11 is 0. The Kier molecular flexibility index (Phi) is 10.5. The number of nitrogens with two attached hydrogens (primary N) is 1. The summed E-state index contributed by atoms with van der Waals surface area (Å²) in [6.07, 6.45) is -1.08. The van der Waals surface area contributed by atoms with E-state index >= 15 is 0 Å². The van der Waals surface area contributed by atoms with Crippen LogP contribution in [0.5, 0.6) is 5.75 Å². The maximum Gasteiger partial charge on any atom is 0.408 e. The highest BCUT2D eigenvalue weighted by atomic mass is 16.6. The Hall–Kier alpha value is -4.08. The van der Waals surface area contributed by atoms with Crippen molar-refractivity contribution in [2.24, 2.45) is 5.73 Å². The number of hydrogen-bond acceptors (Lipinski definition) is 6. The molecule has 0 radical (unpaired) electrons. The van der Waals surface area contributed by atoms with Crippen LogP contribution >= 0.6 is 0 Å². The second kappa shape index (κ2) is 13.1. The molecule has 2 aromatic rings. The average Bonchev–Trinajstić information content (AvgIpc) is 2.82. The van der Waals surface area contributed by atoms with E-state index in [4.69, 9.17) is 10.5 Å². The molecule has 2 unspecified atom stereocenters. The number of phenols is 1. The number of carbonyl (C=O) groups is 4. The van der Waals surface area contributed by atoms with E-state index in [0.717, 1.165) is 11.1 Å². The lowest BCUT2D eigenvalue weighted by Gasteiger charge is -2.34. The van der Waals surface area contributed by atoms with Crippen molar-refractivity contribution in [3.05, 3.63) is 58.7 Å². The number of amides is 4. The van der Waals surface area contributed by atoms with E-state index in [2.05, 4.69) is 10.6 Å². The number of alkyl carbamates (subject to hydrolysis) is 1. The van der Waals surface area contributed by atoms with E-state index in [1.54, 1.807) is 46.8 Å². The molecule has 0 aliphatic rings. The molecule has 0 saturated carbocycles. The summed E-state index contributed by atoms with van der Waals surface area (Å²) in [7, 11) is 0. The van der Waals surface area contributed by atoms with Gasteiger partial charge in [0.25, 0.3) is 5.91 Å². The van der Waals surface area contributed by atoms with Crippen molar-refractivity contribution < 1.29 is 29.0 Å². The van der Waals surface area contributed by atoms with Crippen molar-refractivity contribution in [3.8, 4) is 5.75 Å². The summed E-state index contributed by atoms with van der Waals surface area (Å²) in [5.41, 5.74) is 7.84. The molecule has 0 aromatic heterocycles. The van der Waals surface area contributed by atoms with Crippen LogP contribution in [0.3, 0.4) is 0 Å². The number of phenolic OH excluding ortho intramolecular Hbond substituents is 1. The Morgan fingerprint density at radius 3 is 2.15 bits per heavy atom. The number of nitrogens with one attached hydrogen (secondary N) is 2. The number of ether oxygens (including phenoxy) is 1. The molecule has 0 saturated heterocycles. The van der Waals surface area contributed by atoms with Crippen LogP contribution in [0.15, 0.2) is 36.4 Å². The fraction of sp³-hybridized carbons (Fsp3) is 0.448. The highest BCUT2D eigenvalue weighted by molar-refractivity contribution is 6.00. The van der Waals surface area contributed by atoms with Gasteiger partial charge in [0.1, 0.15) is 23.4 Å². The first kappa shape index (κ1) is 31.1. The number of aromatic hydroxyl groups is 1. The van der Waals surface area contributed by atoms with Gasteiger partial charge in [0, 0.05) is 18.7 Å². The van der Waals surface area contributed by atoms with Crippen LogP contribution in [0.25, 0.3) is 0 Å². The predicted octanol–water partition coefficient (Wildman–Crippen LogP) is 4.00. The standard InChI is InChI=1S/C29H40N4O6/c1-8-33(27(37)21(13-15-23(30)35)31-28(38)39-29(5,6)7)25(20-12-14-22(34)19(4)16-20)26(36)32-24-17(2)10-9-11-18(24)3/h9-12,14,16,21,25,34H,8,13,15H2,1-7H3,(H2,30,35)(H,31,38)(H,32,36). The molecule has 0 spiro atoms. The lowest BCUT2D eigenvalue weighted by atomic mass is 9.99. The number of aryl methyl sites for hydroxylation is 3. The molecule has 39 heavy (non-hydrogen) atoms. The number of para-hydroxylation sites is 1. The van der Waals surface area contributed by atoms with Crippen molar-refractivity contribution in [2.75, 3.05) is 11.9 Å². The van der Waals surface area contributed by atoms with Gasteiger partial charge in [-0.25, -0.2) is 4.79 Å². The molecular weight excluding hydrogens is 500 g/mol. The zero-order valence-corrected chi connectivity index (χ0v) is 23.8. The fourth-order valence-corrected chi connectivity index (χ4v) is 4.18. The highest BCUT2D eigenvalue weighted by Gasteiger charge is 2.36. The first-order valence-corrected chi connectivity index (χ1v) is 12.9. The third-order valence-electron chi connectivity index (χ3n) is 6.12. The molecule has 2 aromatic carbocycles. The Morgan fingerprint density at radius 2 is 1.64 bits per heavy atom. The Morgan fingerprint density at radius 1 is 1.03 bits per heavy atom. The van der Waals surface area contributed by atoms with Crippen molar-refractivity contribution in [3.63, 3.8) is 0 Å². The zero-order chi connectivity index (χ0) is 29.5. The van der Waals surface area contributed by atoms with Gasteiger partial charge in [0.2, 0.25) is 11.8 Å². The smallest absolute Gasteiger partial charge is 0.408 e. The molecule has 2 atom stereocenters. The van der Waals surface area contributed by atoms with Crippen LogP contribution < -0.4 is 16.4 Å². The molecule has 5 N–H and O–H groups in total. The molecule has 4 amide bonds. The molecule has 0 aliphatic carbocycles. The van der Waals surface area contributed by atoms with Gasteiger partial charge in [-0.2, -0.15) is 0 Å². The van der Waals surface area contributed by atoms with Crippen LogP contribution in [-0.2, 0) is 19.1 Å². The number of carbonyl (C=O) groups excluding carboxylic acids is 4. The summed E-state index contributed by atoms with van der Waals surface area (Å²) in [4.78, 5) is 53.2. The number of rotatable bonds is 10. The first-order chi connectivity index (χ1) is 18.1. The van der Waals surface area contributed by atoms with Gasteiger partial charge < -0.3 is 31.1 Å². The lowest BCUT2D eigenvalue weighted by molar-refractivity contribution is -0.140. The monoisotopic (exact) mass is 540 g/mol. The van der Waals surface area contributed by atoms with Gasteiger partial charge in [0.05, 0.1) is 0 Å². The predicted molar refractivity (Wildman–Crippen MR) is 149 cm³/mol. The van der Waals surface area contributed by atoms with Crippen LogP contribution in [0.1, 0.15) is 68.8 Å². The molecule has 0 bridgehead atoms. The highest BCUT2D eigenvalue weighted by Crippen LogP contribution is 2.29. The van der Waals surface area contributed by atoms with Gasteiger partial charge in [-0.15, -0.1) is 0 Å². The van der Waals surface area contributed by atoms with E-state index in [-0.39, 0.29) is 25.1 Å². The minimum absolute atomic E-state index is 0.0490. The SMILES string of the molecule is CCN(C(=O)C(CCC(N)=O)NC(=O)OC(C)(C)C)C(C(=O)Nc1c(C)cccc1C)c1ccc(O)c(C)c1. The van der Waals surface area contributed by atoms with Crippen LogP contribution in [-0.4, -0.2) is 52.0 Å². The first-order valence-electron chi connectivity index (χ1n) is 12.9. The molecule has 0 aliphatic heterocycles. The van der Waals surface area contributed by atoms with Crippen molar-refractivity contribution in [2.45, 2.75) is 79.0 Å². The van der Waals surface area contributed by atoms with Crippen molar-refractivity contribution >= 4 is 29.5 Å². The molecule has 0 heterocycles. The maximum atomic E-state index is 13.9. The molecule has 0 fully saturated rings.